The van der Waals surface area contributed by atoms with Gasteiger partial charge in [0, 0.05) is 32.6 Å². The first kappa shape index (κ1) is 16.5. The number of H-pyrrole nitrogens is 1. The van der Waals surface area contributed by atoms with E-state index in [1.165, 1.54) is 0 Å². The second-order valence-electron chi connectivity index (χ2n) is 5.13. The molecule has 1 aromatic carbocycles. The van der Waals surface area contributed by atoms with Crippen LogP contribution in [-0.2, 0) is 0 Å². The number of hydrogen-bond donors (Lipinski definition) is 3. The number of aromatic nitrogens is 1. The average molecular weight is 418 g/mol. The van der Waals surface area contributed by atoms with Crippen molar-refractivity contribution in [1.82, 2.24) is 10.3 Å². The Hall–Kier alpha value is -0.850. The van der Waals surface area contributed by atoms with Crippen LogP contribution in [0.15, 0.2) is 27.3 Å². The minimum atomic E-state index is -0.842. The maximum atomic E-state index is 12.3. The van der Waals surface area contributed by atoms with E-state index in [0.29, 0.717) is 18.4 Å². The van der Waals surface area contributed by atoms with Gasteiger partial charge in [0.1, 0.15) is 0 Å². The SMILES string of the molecule is CCC(O)(CC)CNC(=O)c1c[nH]c2cc(Br)c(Br)cc12. The zero-order chi connectivity index (χ0) is 15.6. The smallest absolute Gasteiger partial charge is 0.253 e. The number of nitrogens with one attached hydrogen (secondary N) is 2. The quantitative estimate of drug-likeness (QED) is 0.688. The van der Waals surface area contributed by atoms with Crippen molar-refractivity contribution in [3.05, 3.63) is 32.8 Å². The third-order valence-electron chi connectivity index (χ3n) is 3.86. The monoisotopic (exact) mass is 416 g/mol. The molecule has 1 aromatic heterocycles. The van der Waals surface area contributed by atoms with E-state index >= 15 is 0 Å². The topological polar surface area (TPSA) is 65.1 Å². The Morgan fingerprint density at radius 2 is 1.90 bits per heavy atom. The van der Waals surface area contributed by atoms with Gasteiger partial charge in [-0.2, -0.15) is 0 Å². The summed E-state index contributed by atoms with van der Waals surface area (Å²) in [7, 11) is 0. The number of rotatable bonds is 5. The van der Waals surface area contributed by atoms with Gasteiger partial charge in [0.15, 0.2) is 0 Å². The molecule has 0 saturated heterocycles. The number of carbonyl (C=O) groups is 1. The van der Waals surface area contributed by atoms with Gasteiger partial charge in [-0.25, -0.2) is 0 Å². The first-order valence-electron chi connectivity index (χ1n) is 6.87. The van der Waals surface area contributed by atoms with E-state index in [4.69, 9.17) is 0 Å². The molecular formula is C15H18Br2N2O2. The van der Waals surface area contributed by atoms with Crippen molar-refractivity contribution in [2.45, 2.75) is 32.3 Å². The molecule has 0 aliphatic carbocycles. The molecule has 4 nitrogen and oxygen atoms in total. The predicted molar refractivity (Wildman–Crippen MR) is 91.6 cm³/mol. The fraction of sp³-hybridized carbons (Fsp3) is 0.400. The Labute approximate surface area is 140 Å². The van der Waals surface area contributed by atoms with Crippen molar-refractivity contribution in [2.24, 2.45) is 0 Å². The fourth-order valence-electron chi connectivity index (χ4n) is 2.14. The van der Waals surface area contributed by atoms with Crippen molar-refractivity contribution in [3.63, 3.8) is 0 Å². The van der Waals surface area contributed by atoms with E-state index < -0.39 is 5.60 Å². The number of carbonyl (C=O) groups excluding carboxylic acids is 1. The van der Waals surface area contributed by atoms with Crippen molar-refractivity contribution in [3.8, 4) is 0 Å². The summed E-state index contributed by atoms with van der Waals surface area (Å²) in [5.74, 6) is -0.184. The Morgan fingerprint density at radius 1 is 1.29 bits per heavy atom. The van der Waals surface area contributed by atoms with Crippen LogP contribution < -0.4 is 5.32 Å². The molecule has 1 heterocycles. The van der Waals surface area contributed by atoms with Crippen LogP contribution >= 0.6 is 31.9 Å². The zero-order valence-corrected chi connectivity index (χ0v) is 15.1. The Morgan fingerprint density at radius 3 is 2.52 bits per heavy atom. The fourth-order valence-corrected chi connectivity index (χ4v) is 2.83. The van der Waals surface area contributed by atoms with Crippen LogP contribution in [0, 0.1) is 0 Å². The van der Waals surface area contributed by atoms with Gasteiger partial charge in [-0.1, -0.05) is 13.8 Å². The van der Waals surface area contributed by atoms with Crippen LogP contribution in [-0.4, -0.2) is 28.1 Å². The second kappa shape index (κ2) is 6.50. The molecule has 0 spiro atoms. The van der Waals surface area contributed by atoms with Crippen LogP contribution in [0.3, 0.4) is 0 Å². The number of amides is 1. The molecule has 2 aromatic rings. The number of benzene rings is 1. The summed E-state index contributed by atoms with van der Waals surface area (Å²) < 4.78 is 1.82. The maximum Gasteiger partial charge on any atom is 0.253 e. The third-order valence-corrected chi connectivity index (χ3v) is 5.71. The summed E-state index contributed by atoms with van der Waals surface area (Å²) in [5, 5.41) is 13.9. The van der Waals surface area contributed by atoms with Crippen molar-refractivity contribution in [1.29, 1.82) is 0 Å². The molecule has 0 aliphatic rings. The highest BCUT2D eigenvalue weighted by Gasteiger charge is 2.23. The van der Waals surface area contributed by atoms with Gasteiger partial charge in [-0.05, 0) is 56.8 Å². The molecule has 0 unspecified atom stereocenters. The van der Waals surface area contributed by atoms with Crippen molar-refractivity contribution in [2.75, 3.05) is 6.54 Å². The molecule has 0 bridgehead atoms. The molecule has 21 heavy (non-hydrogen) atoms. The molecule has 0 atom stereocenters. The van der Waals surface area contributed by atoms with Gasteiger partial charge < -0.3 is 15.4 Å². The normalized spacial score (nSPS) is 11.9. The summed E-state index contributed by atoms with van der Waals surface area (Å²) in [6.07, 6.45) is 2.90. The minimum Gasteiger partial charge on any atom is -0.388 e. The number of aliphatic hydroxyl groups is 1. The van der Waals surface area contributed by atoms with Crippen LogP contribution in [0.4, 0.5) is 0 Å². The molecule has 6 heteroatoms. The summed E-state index contributed by atoms with van der Waals surface area (Å²) in [6.45, 7) is 4.08. The van der Waals surface area contributed by atoms with E-state index in [1.807, 2.05) is 26.0 Å². The molecule has 0 saturated carbocycles. The van der Waals surface area contributed by atoms with E-state index in [-0.39, 0.29) is 12.5 Å². The highest BCUT2D eigenvalue weighted by atomic mass is 79.9. The van der Waals surface area contributed by atoms with Crippen molar-refractivity contribution < 1.29 is 9.90 Å². The summed E-state index contributed by atoms with van der Waals surface area (Å²) in [6, 6.07) is 3.82. The highest BCUT2D eigenvalue weighted by Crippen LogP contribution is 2.30. The first-order chi connectivity index (χ1) is 9.90. The average Bonchev–Trinajstić information content (AvgIpc) is 2.87. The number of halogens is 2. The van der Waals surface area contributed by atoms with E-state index in [2.05, 4.69) is 42.2 Å². The largest absolute Gasteiger partial charge is 0.388 e. The lowest BCUT2D eigenvalue weighted by Gasteiger charge is -2.25. The lowest BCUT2D eigenvalue weighted by molar-refractivity contribution is 0.0314. The number of hydrogen-bond acceptors (Lipinski definition) is 2. The van der Waals surface area contributed by atoms with E-state index in [9.17, 15) is 9.90 Å². The molecule has 2 rings (SSSR count). The molecule has 0 fully saturated rings. The molecule has 1 amide bonds. The van der Waals surface area contributed by atoms with Gasteiger partial charge >= 0.3 is 0 Å². The Bertz CT molecular complexity index is 663. The van der Waals surface area contributed by atoms with Gasteiger partial charge in [0.05, 0.1) is 11.2 Å². The first-order valence-corrected chi connectivity index (χ1v) is 8.45. The standard InChI is InChI=1S/C15H18Br2N2O2/c1-3-15(21,4-2)8-19-14(20)10-7-18-13-6-12(17)11(16)5-9(10)13/h5-7,18,21H,3-4,8H2,1-2H3,(H,19,20). The minimum absolute atomic E-state index is 0.184. The number of aromatic amines is 1. The molecule has 0 radical (unpaired) electrons. The Balaban J connectivity index is 2.22. The van der Waals surface area contributed by atoms with Crippen LogP contribution in [0.5, 0.6) is 0 Å². The lowest BCUT2D eigenvalue weighted by atomic mass is 9.97. The highest BCUT2D eigenvalue weighted by molar-refractivity contribution is 9.13. The van der Waals surface area contributed by atoms with Crippen molar-refractivity contribution >= 4 is 48.7 Å². The molecular weight excluding hydrogens is 400 g/mol. The van der Waals surface area contributed by atoms with Gasteiger partial charge in [-0.3, -0.25) is 4.79 Å². The summed E-state index contributed by atoms with van der Waals surface area (Å²) in [5.41, 5.74) is 0.620. The summed E-state index contributed by atoms with van der Waals surface area (Å²) in [4.78, 5) is 15.4. The predicted octanol–water partition coefficient (Wildman–Crippen LogP) is 3.97. The third kappa shape index (κ3) is 3.49. The zero-order valence-electron chi connectivity index (χ0n) is 12.0. The van der Waals surface area contributed by atoms with E-state index in [0.717, 1.165) is 19.8 Å². The van der Waals surface area contributed by atoms with Gasteiger partial charge in [0.2, 0.25) is 0 Å². The number of fused-ring (bicyclic) bond motifs is 1. The summed E-state index contributed by atoms with van der Waals surface area (Å²) >= 11 is 6.88. The van der Waals surface area contributed by atoms with E-state index in [1.54, 1.807) is 6.20 Å². The molecule has 0 aliphatic heterocycles. The van der Waals surface area contributed by atoms with Gasteiger partial charge in [0.25, 0.3) is 5.91 Å². The maximum absolute atomic E-state index is 12.3. The Kier molecular flexibility index (Phi) is 5.11. The van der Waals surface area contributed by atoms with Crippen LogP contribution in [0.2, 0.25) is 0 Å². The molecule has 114 valence electrons. The molecule has 3 N–H and O–H groups in total. The van der Waals surface area contributed by atoms with Crippen LogP contribution in [0.1, 0.15) is 37.0 Å². The van der Waals surface area contributed by atoms with Crippen LogP contribution in [0.25, 0.3) is 10.9 Å². The lowest BCUT2D eigenvalue weighted by Crippen LogP contribution is -2.42. The van der Waals surface area contributed by atoms with Gasteiger partial charge in [-0.15, -0.1) is 0 Å². The second-order valence-corrected chi connectivity index (χ2v) is 6.84.